The quantitative estimate of drug-likeness (QED) is 0.801. The van der Waals surface area contributed by atoms with E-state index >= 15 is 0 Å². The Morgan fingerprint density at radius 3 is 2.64 bits per heavy atom. The van der Waals surface area contributed by atoms with Crippen molar-refractivity contribution < 1.29 is 4.42 Å². The Bertz CT molecular complexity index is 260. The van der Waals surface area contributed by atoms with E-state index < -0.39 is 0 Å². The molecule has 0 amide bonds. The predicted molar refractivity (Wildman–Crippen MR) is 57.0 cm³/mol. The maximum Gasteiger partial charge on any atom is 0.0934 e. The van der Waals surface area contributed by atoms with Crippen LogP contribution in [0.2, 0.25) is 0 Å². The smallest absolute Gasteiger partial charge is 0.0934 e. The zero-order valence-corrected chi connectivity index (χ0v) is 8.67. The highest BCUT2D eigenvalue weighted by Gasteiger charge is 2.30. The van der Waals surface area contributed by atoms with Gasteiger partial charge in [0.25, 0.3) is 0 Å². The third-order valence-corrected chi connectivity index (χ3v) is 3.51. The van der Waals surface area contributed by atoms with Gasteiger partial charge in [0, 0.05) is 0 Å². The van der Waals surface area contributed by atoms with Crippen molar-refractivity contribution in [1.29, 1.82) is 0 Å². The van der Waals surface area contributed by atoms with Gasteiger partial charge < -0.3 is 10.2 Å². The van der Waals surface area contributed by atoms with Crippen LogP contribution in [0.4, 0.5) is 0 Å². The van der Waals surface area contributed by atoms with E-state index in [-0.39, 0.29) is 0 Å². The molecule has 78 valence electrons. The lowest BCUT2D eigenvalue weighted by Crippen LogP contribution is -2.34. The Morgan fingerprint density at radius 1 is 1.29 bits per heavy atom. The van der Waals surface area contributed by atoms with Gasteiger partial charge in [-0.2, -0.15) is 0 Å². The van der Waals surface area contributed by atoms with Crippen molar-refractivity contribution in [2.45, 2.75) is 38.5 Å². The van der Waals surface area contributed by atoms with Crippen LogP contribution in [0.1, 0.15) is 37.7 Å². The van der Waals surface area contributed by atoms with Crippen LogP contribution in [0.15, 0.2) is 23.0 Å². The number of hydrogen-bond donors (Lipinski definition) is 1. The second-order valence-corrected chi connectivity index (χ2v) is 4.57. The number of furan rings is 1. The van der Waals surface area contributed by atoms with Crippen LogP contribution < -0.4 is 5.73 Å². The molecule has 0 saturated heterocycles. The Morgan fingerprint density at radius 2 is 2.07 bits per heavy atom. The van der Waals surface area contributed by atoms with Crippen molar-refractivity contribution in [1.82, 2.24) is 0 Å². The first-order valence-corrected chi connectivity index (χ1v) is 5.56. The van der Waals surface area contributed by atoms with Gasteiger partial charge in [-0.1, -0.05) is 19.3 Å². The van der Waals surface area contributed by atoms with Gasteiger partial charge in [0.1, 0.15) is 0 Å². The molecule has 1 aromatic rings. The second-order valence-electron chi connectivity index (χ2n) is 4.57. The van der Waals surface area contributed by atoms with Gasteiger partial charge in [-0.3, -0.25) is 0 Å². The molecule has 1 aromatic heterocycles. The van der Waals surface area contributed by atoms with Gasteiger partial charge in [-0.05, 0) is 42.9 Å². The molecule has 1 aliphatic rings. The molecule has 1 saturated carbocycles. The monoisotopic (exact) mass is 193 g/mol. The van der Waals surface area contributed by atoms with Gasteiger partial charge in [-0.25, -0.2) is 0 Å². The van der Waals surface area contributed by atoms with E-state index in [1.807, 2.05) is 6.26 Å². The first kappa shape index (κ1) is 9.78. The maximum absolute atomic E-state index is 5.92. The van der Waals surface area contributed by atoms with Gasteiger partial charge >= 0.3 is 0 Å². The summed E-state index contributed by atoms with van der Waals surface area (Å²) >= 11 is 0. The van der Waals surface area contributed by atoms with Crippen LogP contribution in [-0.2, 0) is 6.42 Å². The molecule has 1 aliphatic carbocycles. The molecule has 14 heavy (non-hydrogen) atoms. The fraction of sp³-hybridized carbons (Fsp3) is 0.667. The third-order valence-electron chi connectivity index (χ3n) is 3.51. The fourth-order valence-corrected chi connectivity index (χ4v) is 2.58. The Labute approximate surface area is 85.5 Å². The van der Waals surface area contributed by atoms with Crippen LogP contribution in [0.25, 0.3) is 0 Å². The summed E-state index contributed by atoms with van der Waals surface area (Å²) in [5, 5.41) is 0. The summed E-state index contributed by atoms with van der Waals surface area (Å²) in [6, 6.07) is 2.06. The summed E-state index contributed by atoms with van der Waals surface area (Å²) in [6.07, 6.45) is 11.3. The summed E-state index contributed by atoms with van der Waals surface area (Å²) in [6.45, 7) is 0.818. The van der Waals surface area contributed by atoms with Crippen LogP contribution >= 0.6 is 0 Å². The molecule has 0 aromatic carbocycles. The van der Waals surface area contributed by atoms with Crippen molar-refractivity contribution in [2.24, 2.45) is 11.1 Å². The van der Waals surface area contributed by atoms with Crippen LogP contribution in [0.3, 0.4) is 0 Å². The molecular formula is C12H19NO. The van der Waals surface area contributed by atoms with E-state index in [9.17, 15) is 0 Å². The molecule has 2 nitrogen and oxygen atoms in total. The van der Waals surface area contributed by atoms with E-state index in [0.29, 0.717) is 5.41 Å². The summed E-state index contributed by atoms with van der Waals surface area (Å²) in [5.41, 5.74) is 7.59. The fourth-order valence-electron chi connectivity index (χ4n) is 2.58. The molecule has 0 bridgehead atoms. The van der Waals surface area contributed by atoms with Gasteiger partial charge in [0.05, 0.1) is 12.5 Å². The minimum Gasteiger partial charge on any atom is -0.472 e. The number of hydrogen-bond acceptors (Lipinski definition) is 2. The normalized spacial score (nSPS) is 20.9. The second kappa shape index (κ2) is 4.18. The molecule has 2 heteroatoms. The van der Waals surface area contributed by atoms with Gasteiger partial charge in [-0.15, -0.1) is 0 Å². The summed E-state index contributed by atoms with van der Waals surface area (Å²) in [5.74, 6) is 0. The highest BCUT2D eigenvalue weighted by Crippen LogP contribution is 2.38. The lowest BCUT2D eigenvalue weighted by molar-refractivity contribution is 0.197. The molecule has 0 atom stereocenters. The molecule has 1 fully saturated rings. The molecule has 0 unspecified atom stereocenters. The molecular weight excluding hydrogens is 174 g/mol. The third kappa shape index (κ3) is 2.01. The Balaban J connectivity index is 2.04. The van der Waals surface area contributed by atoms with Crippen molar-refractivity contribution in [3.05, 3.63) is 24.2 Å². The van der Waals surface area contributed by atoms with Crippen molar-refractivity contribution in [2.75, 3.05) is 6.54 Å². The lowest BCUT2D eigenvalue weighted by Gasteiger charge is -2.36. The summed E-state index contributed by atoms with van der Waals surface area (Å²) in [4.78, 5) is 0. The molecule has 0 radical (unpaired) electrons. The molecule has 2 N–H and O–H groups in total. The lowest BCUT2D eigenvalue weighted by atomic mass is 9.71. The minimum absolute atomic E-state index is 0.363. The standard InChI is InChI=1S/C12H19NO/c13-10-12(5-2-1-3-6-12)8-11-4-7-14-9-11/h4,7,9H,1-3,5-6,8,10,13H2. The van der Waals surface area contributed by atoms with E-state index in [2.05, 4.69) is 6.07 Å². The van der Waals surface area contributed by atoms with E-state index in [4.69, 9.17) is 10.2 Å². The summed E-state index contributed by atoms with van der Waals surface area (Å²) < 4.78 is 5.10. The SMILES string of the molecule is NCC1(Cc2ccoc2)CCCCC1. The van der Waals surface area contributed by atoms with Gasteiger partial charge in [0.2, 0.25) is 0 Å². The first-order chi connectivity index (χ1) is 6.85. The highest BCUT2D eigenvalue weighted by atomic mass is 16.3. The first-order valence-electron chi connectivity index (χ1n) is 5.56. The van der Waals surface area contributed by atoms with Crippen molar-refractivity contribution >= 4 is 0 Å². The zero-order valence-electron chi connectivity index (χ0n) is 8.67. The zero-order chi connectivity index (χ0) is 9.86. The number of rotatable bonds is 3. The highest BCUT2D eigenvalue weighted by molar-refractivity contribution is 5.09. The van der Waals surface area contributed by atoms with E-state index in [0.717, 1.165) is 13.0 Å². The van der Waals surface area contributed by atoms with Crippen molar-refractivity contribution in [3.8, 4) is 0 Å². The van der Waals surface area contributed by atoms with Crippen molar-refractivity contribution in [3.63, 3.8) is 0 Å². The van der Waals surface area contributed by atoms with Crippen LogP contribution in [-0.4, -0.2) is 6.54 Å². The van der Waals surface area contributed by atoms with Gasteiger partial charge in [0.15, 0.2) is 0 Å². The predicted octanol–water partition coefficient (Wildman–Crippen LogP) is 2.73. The average molecular weight is 193 g/mol. The Kier molecular flexibility index (Phi) is 2.92. The Hall–Kier alpha value is -0.760. The summed E-state index contributed by atoms with van der Waals surface area (Å²) in [7, 11) is 0. The molecule has 2 rings (SSSR count). The molecule has 0 spiro atoms. The average Bonchev–Trinajstić information content (AvgIpc) is 2.72. The minimum atomic E-state index is 0.363. The molecule has 0 aliphatic heterocycles. The molecule has 1 heterocycles. The number of nitrogens with two attached hydrogens (primary N) is 1. The topological polar surface area (TPSA) is 39.2 Å². The maximum atomic E-state index is 5.92. The van der Waals surface area contributed by atoms with Crippen LogP contribution in [0.5, 0.6) is 0 Å². The van der Waals surface area contributed by atoms with E-state index in [1.165, 1.54) is 37.7 Å². The largest absolute Gasteiger partial charge is 0.472 e. The van der Waals surface area contributed by atoms with Crippen LogP contribution in [0, 0.1) is 5.41 Å². The van der Waals surface area contributed by atoms with E-state index in [1.54, 1.807) is 6.26 Å².